The third kappa shape index (κ3) is 4.09. The van der Waals surface area contributed by atoms with Crippen LogP contribution < -0.4 is 5.32 Å². The van der Waals surface area contributed by atoms with Gasteiger partial charge < -0.3 is 5.32 Å². The predicted molar refractivity (Wildman–Crippen MR) is 103 cm³/mol. The molecule has 1 amide bonds. The smallest absolute Gasteiger partial charge is 0.255 e. The molecule has 1 saturated carbocycles. The summed E-state index contributed by atoms with van der Waals surface area (Å²) in [5, 5.41) is 3.27. The summed E-state index contributed by atoms with van der Waals surface area (Å²) in [4.78, 5) is 12.5. The molecule has 138 valence electrons. The first-order chi connectivity index (χ1) is 12.4. The molecule has 0 atom stereocenters. The minimum atomic E-state index is -3.55. The maximum Gasteiger partial charge on any atom is 0.255 e. The molecule has 2 aromatic rings. The van der Waals surface area contributed by atoms with Crippen LogP contribution in [0, 0.1) is 0 Å². The first-order valence-electron chi connectivity index (χ1n) is 8.53. The summed E-state index contributed by atoms with van der Waals surface area (Å²) < 4.78 is 26.9. The zero-order valence-electron chi connectivity index (χ0n) is 14.5. The first kappa shape index (κ1) is 18.9. The van der Waals surface area contributed by atoms with Crippen molar-refractivity contribution in [1.29, 1.82) is 0 Å². The van der Waals surface area contributed by atoms with Crippen LogP contribution in [0.25, 0.3) is 0 Å². The highest BCUT2D eigenvalue weighted by atomic mass is 35.5. The number of halogens is 1. The molecule has 1 aliphatic rings. The van der Waals surface area contributed by atoms with E-state index in [1.165, 1.54) is 28.6 Å². The van der Waals surface area contributed by atoms with Gasteiger partial charge in [-0.05, 0) is 55.3 Å². The van der Waals surface area contributed by atoms with Crippen LogP contribution in [0.3, 0.4) is 0 Å². The number of anilines is 1. The molecule has 0 bridgehead atoms. The minimum absolute atomic E-state index is 0.0609. The molecule has 1 aliphatic carbocycles. The van der Waals surface area contributed by atoms with Crippen LogP contribution >= 0.6 is 11.6 Å². The van der Waals surface area contributed by atoms with Crippen LogP contribution in [0.4, 0.5) is 5.69 Å². The number of carbonyl (C=O) groups excluding carboxylic acids is 1. The lowest BCUT2D eigenvalue weighted by Crippen LogP contribution is -2.35. The second-order valence-corrected chi connectivity index (χ2v) is 8.88. The molecule has 0 spiro atoms. The number of amides is 1. The summed E-state index contributed by atoms with van der Waals surface area (Å²) in [5.74, 6) is -0.319. The van der Waals surface area contributed by atoms with Crippen LogP contribution in [-0.4, -0.2) is 31.7 Å². The van der Waals surface area contributed by atoms with E-state index in [1.54, 1.807) is 31.3 Å². The lowest BCUT2D eigenvalue weighted by Gasteiger charge is -2.23. The Morgan fingerprint density at radius 1 is 1.12 bits per heavy atom. The van der Waals surface area contributed by atoms with E-state index in [0.717, 1.165) is 25.7 Å². The maximum atomic E-state index is 12.7. The number of hydrogen-bond donors (Lipinski definition) is 1. The highest BCUT2D eigenvalue weighted by molar-refractivity contribution is 7.89. The Kier molecular flexibility index (Phi) is 5.65. The molecule has 5 nitrogen and oxygen atoms in total. The van der Waals surface area contributed by atoms with Gasteiger partial charge in [-0.1, -0.05) is 30.5 Å². The van der Waals surface area contributed by atoms with Crippen LogP contribution in [0.15, 0.2) is 53.4 Å². The summed E-state index contributed by atoms with van der Waals surface area (Å²) in [6.07, 6.45) is 3.92. The van der Waals surface area contributed by atoms with Crippen molar-refractivity contribution in [2.24, 2.45) is 0 Å². The zero-order chi connectivity index (χ0) is 18.7. The summed E-state index contributed by atoms with van der Waals surface area (Å²) in [7, 11) is -1.92. The van der Waals surface area contributed by atoms with E-state index in [2.05, 4.69) is 5.32 Å². The van der Waals surface area contributed by atoms with Gasteiger partial charge >= 0.3 is 0 Å². The normalized spacial score (nSPS) is 15.3. The first-order valence-corrected chi connectivity index (χ1v) is 10.3. The largest absolute Gasteiger partial charge is 0.322 e. The molecule has 0 saturated heterocycles. The Balaban J connectivity index is 1.74. The van der Waals surface area contributed by atoms with Gasteiger partial charge in [0.2, 0.25) is 10.0 Å². The average molecular weight is 393 g/mol. The SMILES string of the molecule is CN(C1CCCC1)S(=O)(=O)c1ccc(C(=O)Nc2cccc(Cl)c2)cc1. The van der Waals surface area contributed by atoms with Crippen LogP contribution in [0.2, 0.25) is 5.02 Å². The molecule has 7 heteroatoms. The molecule has 1 N–H and O–H groups in total. The Labute approximate surface area is 159 Å². The van der Waals surface area contributed by atoms with E-state index in [-0.39, 0.29) is 16.8 Å². The third-order valence-corrected chi connectivity index (χ3v) is 6.87. The van der Waals surface area contributed by atoms with Crippen LogP contribution in [-0.2, 0) is 10.0 Å². The van der Waals surface area contributed by atoms with Gasteiger partial charge in [0.05, 0.1) is 4.90 Å². The van der Waals surface area contributed by atoms with Crippen molar-refractivity contribution in [2.75, 3.05) is 12.4 Å². The fraction of sp³-hybridized carbons (Fsp3) is 0.316. The molecule has 0 aliphatic heterocycles. The van der Waals surface area contributed by atoms with Gasteiger partial charge in [-0.3, -0.25) is 4.79 Å². The lowest BCUT2D eigenvalue weighted by molar-refractivity contribution is 0.102. The van der Waals surface area contributed by atoms with Gasteiger partial charge in [0.15, 0.2) is 0 Å². The third-order valence-electron chi connectivity index (χ3n) is 4.71. The summed E-state index contributed by atoms with van der Waals surface area (Å²) in [6, 6.07) is 12.9. The van der Waals surface area contributed by atoms with Gasteiger partial charge in [-0.25, -0.2) is 8.42 Å². The molecule has 1 fully saturated rings. The van der Waals surface area contributed by atoms with E-state index >= 15 is 0 Å². The zero-order valence-corrected chi connectivity index (χ0v) is 16.1. The Morgan fingerprint density at radius 2 is 1.77 bits per heavy atom. The molecular formula is C19H21ClN2O3S. The standard InChI is InChI=1S/C19H21ClN2O3S/c1-22(17-7-2-3-8-17)26(24,25)18-11-9-14(10-12-18)19(23)21-16-6-4-5-15(20)13-16/h4-6,9-13,17H,2-3,7-8H2,1H3,(H,21,23). The molecule has 2 aromatic carbocycles. The number of nitrogens with one attached hydrogen (secondary N) is 1. The number of nitrogens with zero attached hydrogens (tertiary/aromatic N) is 1. The van der Waals surface area contributed by atoms with E-state index in [0.29, 0.717) is 16.3 Å². The highest BCUT2D eigenvalue weighted by Gasteiger charge is 2.30. The fourth-order valence-electron chi connectivity index (χ4n) is 3.18. The van der Waals surface area contributed by atoms with Gasteiger partial charge in [0.25, 0.3) is 5.91 Å². The van der Waals surface area contributed by atoms with Gasteiger partial charge in [0.1, 0.15) is 0 Å². The maximum absolute atomic E-state index is 12.7. The highest BCUT2D eigenvalue weighted by Crippen LogP contribution is 2.27. The quantitative estimate of drug-likeness (QED) is 0.830. The van der Waals surface area contributed by atoms with E-state index < -0.39 is 10.0 Å². The fourth-order valence-corrected chi connectivity index (χ4v) is 4.78. The molecular weight excluding hydrogens is 372 g/mol. The van der Waals surface area contributed by atoms with E-state index in [4.69, 9.17) is 11.6 Å². The van der Waals surface area contributed by atoms with Crippen molar-refractivity contribution in [1.82, 2.24) is 4.31 Å². The number of rotatable bonds is 5. The monoisotopic (exact) mass is 392 g/mol. The predicted octanol–water partition coefficient (Wildman–Crippen LogP) is 4.16. The van der Waals surface area contributed by atoms with Crippen molar-refractivity contribution < 1.29 is 13.2 Å². The Bertz CT molecular complexity index is 891. The number of sulfonamides is 1. The van der Waals surface area contributed by atoms with Crippen molar-refractivity contribution >= 4 is 33.2 Å². The van der Waals surface area contributed by atoms with Gasteiger partial charge in [-0.2, -0.15) is 4.31 Å². The van der Waals surface area contributed by atoms with Crippen molar-refractivity contribution in [3.63, 3.8) is 0 Å². The summed E-state index contributed by atoms with van der Waals surface area (Å²) in [5.41, 5.74) is 0.965. The number of carbonyl (C=O) groups is 1. The second kappa shape index (κ2) is 7.78. The number of benzene rings is 2. The van der Waals surface area contributed by atoms with Crippen molar-refractivity contribution in [3.8, 4) is 0 Å². The van der Waals surface area contributed by atoms with Crippen molar-refractivity contribution in [2.45, 2.75) is 36.6 Å². The van der Waals surface area contributed by atoms with E-state index in [1.807, 2.05) is 0 Å². The minimum Gasteiger partial charge on any atom is -0.322 e. The molecule has 3 rings (SSSR count). The van der Waals surface area contributed by atoms with Gasteiger partial charge in [0, 0.05) is 29.4 Å². The average Bonchev–Trinajstić information content (AvgIpc) is 3.15. The summed E-state index contributed by atoms with van der Waals surface area (Å²) >= 11 is 5.91. The molecule has 0 aromatic heterocycles. The molecule has 0 heterocycles. The topological polar surface area (TPSA) is 66.5 Å². The van der Waals surface area contributed by atoms with E-state index in [9.17, 15) is 13.2 Å². The van der Waals surface area contributed by atoms with Gasteiger partial charge in [-0.15, -0.1) is 0 Å². The molecule has 0 unspecified atom stereocenters. The molecule has 26 heavy (non-hydrogen) atoms. The van der Waals surface area contributed by atoms with Crippen LogP contribution in [0.1, 0.15) is 36.0 Å². The van der Waals surface area contributed by atoms with Crippen molar-refractivity contribution in [3.05, 3.63) is 59.1 Å². The number of hydrogen-bond acceptors (Lipinski definition) is 3. The Morgan fingerprint density at radius 3 is 2.38 bits per heavy atom. The Hall–Kier alpha value is -1.89. The lowest BCUT2D eigenvalue weighted by atomic mass is 10.2. The second-order valence-electron chi connectivity index (χ2n) is 6.45. The molecule has 0 radical (unpaired) electrons. The van der Waals surface area contributed by atoms with Crippen LogP contribution in [0.5, 0.6) is 0 Å². The summed E-state index contributed by atoms with van der Waals surface area (Å²) in [6.45, 7) is 0.